The zero-order chi connectivity index (χ0) is 19.8. The second-order valence-electron chi connectivity index (χ2n) is 6.53. The zero-order valence-corrected chi connectivity index (χ0v) is 20.5. The van der Waals surface area contributed by atoms with Crippen molar-refractivity contribution in [3.8, 4) is 0 Å². The number of methoxy groups -OCH3 is 1. The zero-order valence-electron chi connectivity index (χ0n) is 14.1. The number of halogens is 6. The van der Waals surface area contributed by atoms with Crippen LogP contribution in [-0.2, 0) is 27.5 Å². The summed E-state index contributed by atoms with van der Waals surface area (Å²) in [5.41, 5.74) is -0.241. The number of hydrogen-bond donors (Lipinski definition) is 0. The van der Waals surface area contributed by atoms with Gasteiger partial charge < -0.3 is 9.47 Å². The Balaban J connectivity index is 2.18. The molecular formula is C17H16Br4F2O3. The maximum atomic E-state index is 14.4. The molecule has 3 nitrogen and oxygen atoms in total. The van der Waals surface area contributed by atoms with E-state index >= 15 is 0 Å². The Kier molecular flexibility index (Phi) is 7.49. The van der Waals surface area contributed by atoms with Gasteiger partial charge in [0.1, 0.15) is 18.2 Å². The standard InChI is InChI=1S/C17H16Br4F2O3/c1-17(2)9(4-10(18)19)11(17)16(24)26-6-7-12(20)14(22)8(5-25-3)15(23)13(7)21/h4,9,11H,5-6H2,1-3H3/t9-,11-/m0/s1. The van der Waals surface area contributed by atoms with Crippen LogP contribution < -0.4 is 0 Å². The molecule has 0 N–H and O–H groups in total. The van der Waals surface area contributed by atoms with Crippen LogP contribution in [0.15, 0.2) is 18.4 Å². The molecule has 0 aromatic heterocycles. The van der Waals surface area contributed by atoms with Crippen molar-refractivity contribution < 1.29 is 23.0 Å². The second kappa shape index (κ2) is 8.68. The fourth-order valence-electron chi connectivity index (χ4n) is 2.93. The lowest BCUT2D eigenvalue weighted by atomic mass is 10.1. The van der Waals surface area contributed by atoms with Crippen molar-refractivity contribution in [1.82, 2.24) is 0 Å². The number of esters is 1. The average molecular weight is 626 g/mol. The monoisotopic (exact) mass is 622 g/mol. The van der Waals surface area contributed by atoms with Gasteiger partial charge in [-0.05, 0) is 75.1 Å². The van der Waals surface area contributed by atoms with Crippen LogP contribution in [0, 0.1) is 28.9 Å². The Labute approximate surface area is 184 Å². The molecule has 26 heavy (non-hydrogen) atoms. The molecule has 144 valence electrons. The number of carbonyl (C=O) groups is 1. The third-order valence-corrected chi connectivity index (χ3v) is 6.74. The quantitative estimate of drug-likeness (QED) is 0.265. The average Bonchev–Trinajstić information content (AvgIpc) is 3.09. The number of carbonyl (C=O) groups excluding carboxylic acids is 1. The molecule has 1 fully saturated rings. The Morgan fingerprint density at radius 2 is 1.65 bits per heavy atom. The highest BCUT2D eigenvalue weighted by Gasteiger charge is 2.61. The van der Waals surface area contributed by atoms with Crippen LogP contribution in [0.2, 0.25) is 0 Å². The van der Waals surface area contributed by atoms with E-state index in [9.17, 15) is 13.6 Å². The number of rotatable bonds is 6. The van der Waals surface area contributed by atoms with Crippen LogP contribution >= 0.6 is 63.7 Å². The van der Waals surface area contributed by atoms with E-state index in [1.807, 2.05) is 19.9 Å². The molecule has 0 saturated heterocycles. The van der Waals surface area contributed by atoms with Crippen LogP contribution in [0.5, 0.6) is 0 Å². The summed E-state index contributed by atoms with van der Waals surface area (Å²) in [6, 6.07) is 0. The van der Waals surface area contributed by atoms with Crippen molar-refractivity contribution in [3.63, 3.8) is 0 Å². The Morgan fingerprint density at radius 1 is 1.12 bits per heavy atom. The number of benzene rings is 1. The van der Waals surface area contributed by atoms with Gasteiger partial charge in [-0.2, -0.15) is 0 Å². The van der Waals surface area contributed by atoms with Crippen LogP contribution in [-0.4, -0.2) is 13.1 Å². The van der Waals surface area contributed by atoms with Gasteiger partial charge in [-0.1, -0.05) is 19.9 Å². The lowest BCUT2D eigenvalue weighted by Crippen LogP contribution is -2.12. The van der Waals surface area contributed by atoms with Crippen LogP contribution in [0.4, 0.5) is 8.78 Å². The van der Waals surface area contributed by atoms with Gasteiger partial charge >= 0.3 is 5.97 Å². The lowest BCUT2D eigenvalue weighted by molar-refractivity contribution is -0.147. The van der Waals surface area contributed by atoms with E-state index in [4.69, 9.17) is 9.47 Å². The van der Waals surface area contributed by atoms with E-state index in [1.54, 1.807) is 0 Å². The summed E-state index contributed by atoms with van der Waals surface area (Å²) >= 11 is 12.8. The topological polar surface area (TPSA) is 35.5 Å². The molecule has 0 spiro atoms. The molecule has 0 radical (unpaired) electrons. The van der Waals surface area contributed by atoms with Crippen molar-refractivity contribution in [2.24, 2.45) is 17.3 Å². The van der Waals surface area contributed by atoms with Gasteiger partial charge in [0.15, 0.2) is 0 Å². The van der Waals surface area contributed by atoms with Gasteiger partial charge in [-0.3, -0.25) is 4.79 Å². The summed E-state index contributed by atoms with van der Waals surface area (Å²) in [7, 11) is 1.35. The fourth-order valence-corrected chi connectivity index (χ4v) is 4.87. The summed E-state index contributed by atoms with van der Waals surface area (Å²) in [4.78, 5) is 12.4. The molecule has 0 heterocycles. The summed E-state index contributed by atoms with van der Waals surface area (Å²) in [6.07, 6.45) is 1.90. The number of ether oxygens (including phenoxy) is 2. The molecule has 2 atom stereocenters. The van der Waals surface area contributed by atoms with Gasteiger partial charge in [0.2, 0.25) is 0 Å². The highest BCUT2D eigenvalue weighted by Crippen LogP contribution is 2.60. The molecular weight excluding hydrogens is 610 g/mol. The van der Waals surface area contributed by atoms with E-state index in [-0.39, 0.29) is 50.5 Å². The molecule has 1 aliphatic rings. The Hall–Kier alpha value is 0.170. The normalized spacial score (nSPS) is 20.7. The van der Waals surface area contributed by atoms with E-state index in [0.717, 1.165) is 3.39 Å². The van der Waals surface area contributed by atoms with Crippen molar-refractivity contribution in [2.45, 2.75) is 27.1 Å². The first-order valence-corrected chi connectivity index (χ1v) is 10.7. The minimum Gasteiger partial charge on any atom is -0.460 e. The van der Waals surface area contributed by atoms with Gasteiger partial charge in [0, 0.05) is 12.7 Å². The number of hydrogen-bond acceptors (Lipinski definition) is 3. The van der Waals surface area contributed by atoms with Gasteiger partial charge in [-0.25, -0.2) is 8.78 Å². The summed E-state index contributed by atoms with van der Waals surface area (Å²) in [6.45, 7) is 3.47. The first-order chi connectivity index (χ1) is 12.0. The molecule has 1 aliphatic carbocycles. The predicted octanol–water partition coefficient (Wildman–Crippen LogP) is 6.58. The summed E-state index contributed by atoms with van der Waals surface area (Å²) in [5, 5.41) is 0. The minimum atomic E-state index is -0.769. The second-order valence-corrected chi connectivity index (χ2v) is 10.9. The third kappa shape index (κ3) is 4.42. The highest BCUT2D eigenvalue weighted by molar-refractivity contribution is 9.28. The van der Waals surface area contributed by atoms with E-state index < -0.39 is 17.6 Å². The lowest BCUT2D eigenvalue weighted by Gasteiger charge is -2.14. The first kappa shape index (κ1) is 22.5. The molecule has 1 aromatic carbocycles. The molecule has 9 heteroatoms. The smallest absolute Gasteiger partial charge is 0.310 e. The Morgan fingerprint density at radius 3 is 2.12 bits per heavy atom. The number of allylic oxidation sites excluding steroid dienone is 1. The molecule has 0 bridgehead atoms. The predicted molar refractivity (Wildman–Crippen MR) is 109 cm³/mol. The molecule has 0 amide bonds. The summed E-state index contributed by atoms with van der Waals surface area (Å²) < 4.78 is 39.8. The summed E-state index contributed by atoms with van der Waals surface area (Å²) in [5.74, 6) is -2.23. The van der Waals surface area contributed by atoms with E-state index in [1.165, 1.54) is 7.11 Å². The molecule has 1 saturated carbocycles. The van der Waals surface area contributed by atoms with Crippen LogP contribution in [0.1, 0.15) is 25.0 Å². The van der Waals surface area contributed by atoms with Crippen molar-refractivity contribution in [1.29, 1.82) is 0 Å². The van der Waals surface area contributed by atoms with Crippen molar-refractivity contribution in [2.75, 3.05) is 7.11 Å². The molecule has 0 unspecified atom stereocenters. The maximum Gasteiger partial charge on any atom is 0.310 e. The molecule has 2 rings (SSSR count). The van der Waals surface area contributed by atoms with E-state index in [2.05, 4.69) is 63.7 Å². The largest absolute Gasteiger partial charge is 0.460 e. The van der Waals surface area contributed by atoms with Gasteiger partial charge in [0.05, 0.1) is 30.4 Å². The molecule has 0 aliphatic heterocycles. The van der Waals surface area contributed by atoms with Crippen LogP contribution in [0.25, 0.3) is 0 Å². The molecule has 1 aromatic rings. The van der Waals surface area contributed by atoms with Gasteiger partial charge in [0.25, 0.3) is 0 Å². The highest BCUT2D eigenvalue weighted by atomic mass is 79.9. The third-order valence-electron chi connectivity index (χ3n) is 4.56. The van der Waals surface area contributed by atoms with Crippen LogP contribution in [0.3, 0.4) is 0 Å². The first-order valence-electron chi connectivity index (χ1n) is 7.56. The van der Waals surface area contributed by atoms with Gasteiger partial charge in [-0.15, -0.1) is 0 Å². The SMILES string of the molecule is COCc1c(F)c(Br)c(COC(=O)[C@@H]2[C@H](C=C(Br)Br)C2(C)C)c(Br)c1F. The minimum absolute atomic E-state index is 0.0215. The Bertz CT molecular complexity index is 732. The fraction of sp³-hybridized carbons (Fsp3) is 0.471. The maximum absolute atomic E-state index is 14.4. The van der Waals surface area contributed by atoms with E-state index in [0.29, 0.717) is 0 Å². The van der Waals surface area contributed by atoms with Crippen molar-refractivity contribution in [3.05, 3.63) is 41.2 Å². The van der Waals surface area contributed by atoms with Crippen molar-refractivity contribution >= 4 is 69.7 Å².